The van der Waals surface area contributed by atoms with Gasteiger partial charge in [-0.25, -0.2) is 14.2 Å². The molecule has 3 rings (SSSR count). The fraction of sp³-hybridized carbons (Fsp3) is 0.0909. The van der Waals surface area contributed by atoms with Crippen molar-refractivity contribution in [2.24, 2.45) is 0 Å². The molecule has 3 aromatic rings. The Hall–Kier alpha value is -3.25. The lowest BCUT2D eigenvalue weighted by atomic mass is 10.2. The monoisotopic (exact) mass is 395 g/mol. The fourth-order valence-corrected chi connectivity index (χ4v) is 2.99. The number of hydrogen-bond donors (Lipinski definition) is 0. The molecule has 1 heterocycles. The van der Waals surface area contributed by atoms with Gasteiger partial charge in [0.2, 0.25) is 0 Å². The first-order valence-corrected chi connectivity index (χ1v) is 9.44. The predicted molar refractivity (Wildman–Crippen MR) is 108 cm³/mol. The van der Waals surface area contributed by atoms with Gasteiger partial charge >= 0.3 is 5.97 Å². The van der Waals surface area contributed by atoms with Crippen LogP contribution >= 0.6 is 11.3 Å². The highest BCUT2D eigenvalue weighted by Gasteiger charge is 2.09. The average molecular weight is 395 g/mol. The molecule has 0 radical (unpaired) electrons. The highest BCUT2D eigenvalue weighted by atomic mass is 32.1. The van der Waals surface area contributed by atoms with E-state index < -0.39 is 11.8 Å². The molecule has 28 heavy (non-hydrogen) atoms. The van der Waals surface area contributed by atoms with E-state index >= 15 is 0 Å². The Bertz CT molecular complexity index is 981. The van der Waals surface area contributed by atoms with Gasteiger partial charge in [-0.05, 0) is 25.1 Å². The standard InChI is InChI=1S/C22H18FNO3S/c1-16(22(25)27-18-10-6-3-7-11-18)14-26-13-12-19(23)21-24-20(15-28-21)17-8-4-2-5-9-17/h2-12,14-15H,13H2,1H3/b16-14+,19-12-. The summed E-state index contributed by atoms with van der Waals surface area (Å²) in [6, 6.07) is 18.3. The SMILES string of the molecule is C/C(=C\OC/C=C(\F)c1nc(-c2ccccc2)cs1)C(=O)Oc1ccccc1. The van der Waals surface area contributed by atoms with Crippen molar-refractivity contribution in [2.45, 2.75) is 6.92 Å². The zero-order valence-corrected chi connectivity index (χ0v) is 16.0. The van der Waals surface area contributed by atoms with Crippen LogP contribution in [0.4, 0.5) is 4.39 Å². The third-order valence-corrected chi connectivity index (χ3v) is 4.52. The number of ether oxygens (including phenoxy) is 2. The van der Waals surface area contributed by atoms with Gasteiger partial charge in [0.1, 0.15) is 12.4 Å². The number of nitrogens with zero attached hydrogens (tertiary/aromatic N) is 1. The second-order valence-corrected chi connectivity index (χ2v) is 6.65. The van der Waals surface area contributed by atoms with Crippen LogP contribution in [0.15, 0.2) is 84.0 Å². The van der Waals surface area contributed by atoms with Gasteiger partial charge in [0.25, 0.3) is 0 Å². The molecule has 0 fully saturated rings. The fourth-order valence-electron chi connectivity index (χ4n) is 2.23. The minimum atomic E-state index is -0.525. The van der Waals surface area contributed by atoms with E-state index in [0.717, 1.165) is 11.3 Å². The van der Waals surface area contributed by atoms with E-state index in [1.165, 1.54) is 23.7 Å². The van der Waals surface area contributed by atoms with Gasteiger partial charge in [-0.3, -0.25) is 0 Å². The number of para-hydroxylation sites is 1. The second kappa shape index (κ2) is 9.62. The third kappa shape index (κ3) is 5.37. The number of halogens is 1. The number of thiazole rings is 1. The number of hydrogen-bond acceptors (Lipinski definition) is 5. The maximum atomic E-state index is 14.3. The Kier molecular flexibility index (Phi) is 6.70. The van der Waals surface area contributed by atoms with Crippen LogP contribution in [0.3, 0.4) is 0 Å². The highest BCUT2D eigenvalue weighted by molar-refractivity contribution is 7.11. The minimum Gasteiger partial charge on any atom is -0.496 e. The number of aromatic nitrogens is 1. The first-order valence-electron chi connectivity index (χ1n) is 8.56. The molecule has 0 bridgehead atoms. The molecule has 0 aliphatic rings. The molecule has 142 valence electrons. The topological polar surface area (TPSA) is 48.4 Å². The van der Waals surface area contributed by atoms with E-state index in [-0.39, 0.29) is 17.2 Å². The Morgan fingerprint density at radius 3 is 2.50 bits per heavy atom. The molecular weight excluding hydrogens is 377 g/mol. The number of rotatable bonds is 7. The highest BCUT2D eigenvalue weighted by Crippen LogP contribution is 2.26. The van der Waals surface area contributed by atoms with Gasteiger partial charge in [0, 0.05) is 10.9 Å². The molecule has 0 atom stereocenters. The van der Waals surface area contributed by atoms with Crippen molar-refractivity contribution in [3.63, 3.8) is 0 Å². The van der Waals surface area contributed by atoms with Crippen LogP contribution in [0.1, 0.15) is 11.9 Å². The smallest absolute Gasteiger partial charge is 0.342 e. The number of esters is 1. The lowest BCUT2D eigenvalue weighted by molar-refractivity contribution is -0.130. The Labute approximate surface area is 166 Å². The summed E-state index contributed by atoms with van der Waals surface area (Å²) >= 11 is 1.22. The molecule has 2 aromatic carbocycles. The van der Waals surface area contributed by atoms with Gasteiger partial charge in [-0.1, -0.05) is 48.5 Å². The van der Waals surface area contributed by atoms with E-state index in [1.807, 2.05) is 41.8 Å². The number of benzene rings is 2. The molecule has 0 saturated heterocycles. The molecule has 0 saturated carbocycles. The maximum absolute atomic E-state index is 14.3. The lowest BCUT2D eigenvalue weighted by Gasteiger charge is -2.04. The van der Waals surface area contributed by atoms with Gasteiger partial charge in [-0.2, -0.15) is 0 Å². The Morgan fingerprint density at radius 1 is 1.11 bits per heavy atom. The van der Waals surface area contributed by atoms with E-state index in [2.05, 4.69) is 4.98 Å². The summed E-state index contributed by atoms with van der Waals surface area (Å²) in [6.07, 6.45) is 2.53. The molecule has 0 spiro atoms. The normalized spacial score (nSPS) is 11.9. The van der Waals surface area contributed by atoms with Gasteiger partial charge in [0.15, 0.2) is 10.8 Å². The molecular formula is C22H18FNO3S. The summed E-state index contributed by atoms with van der Waals surface area (Å²) in [4.78, 5) is 16.2. The molecule has 0 N–H and O–H groups in total. The average Bonchev–Trinajstić information content (AvgIpc) is 3.22. The molecule has 0 amide bonds. The largest absolute Gasteiger partial charge is 0.496 e. The van der Waals surface area contributed by atoms with Gasteiger partial charge in [0.05, 0.1) is 17.5 Å². The van der Waals surface area contributed by atoms with Crippen LogP contribution in [0.5, 0.6) is 5.75 Å². The number of carbonyl (C=O) groups excluding carboxylic acids is 1. The first-order chi connectivity index (χ1) is 13.6. The lowest BCUT2D eigenvalue weighted by Crippen LogP contribution is -2.09. The predicted octanol–water partition coefficient (Wildman–Crippen LogP) is 5.65. The molecule has 0 aliphatic heterocycles. The summed E-state index contributed by atoms with van der Waals surface area (Å²) in [5.41, 5.74) is 1.94. The number of carbonyl (C=O) groups is 1. The Morgan fingerprint density at radius 2 is 1.79 bits per heavy atom. The summed E-state index contributed by atoms with van der Waals surface area (Å²) in [6.45, 7) is 1.54. The van der Waals surface area contributed by atoms with Crippen LogP contribution < -0.4 is 4.74 Å². The van der Waals surface area contributed by atoms with Crippen molar-refractivity contribution in [3.8, 4) is 17.0 Å². The van der Waals surface area contributed by atoms with E-state index in [9.17, 15) is 9.18 Å². The second-order valence-electron chi connectivity index (χ2n) is 5.79. The van der Waals surface area contributed by atoms with Crippen molar-refractivity contribution in [1.82, 2.24) is 4.98 Å². The first kappa shape index (κ1) is 19.5. The van der Waals surface area contributed by atoms with Crippen molar-refractivity contribution in [2.75, 3.05) is 6.61 Å². The van der Waals surface area contributed by atoms with Gasteiger partial charge < -0.3 is 9.47 Å². The summed E-state index contributed by atoms with van der Waals surface area (Å²) in [5.74, 6) is -0.544. The molecule has 6 heteroatoms. The summed E-state index contributed by atoms with van der Waals surface area (Å²) in [5, 5.41) is 2.09. The zero-order chi connectivity index (χ0) is 19.8. The maximum Gasteiger partial charge on any atom is 0.342 e. The zero-order valence-electron chi connectivity index (χ0n) is 15.2. The van der Waals surface area contributed by atoms with Crippen molar-refractivity contribution in [1.29, 1.82) is 0 Å². The molecule has 0 aliphatic carbocycles. The van der Waals surface area contributed by atoms with Crippen molar-refractivity contribution < 1.29 is 18.7 Å². The molecule has 0 unspecified atom stereocenters. The third-order valence-electron chi connectivity index (χ3n) is 3.67. The quantitative estimate of drug-likeness (QED) is 0.171. The van der Waals surface area contributed by atoms with E-state index in [1.54, 1.807) is 31.2 Å². The molecule has 1 aromatic heterocycles. The summed E-state index contributed by atoms with van der Waals surface area (Å²) < 4.78 is 24.7. The van der Waals surface area contributed by atoms with E-state index in [4.69, 9.17) is 9.47 Å². The van der Waals surface area contributed by atoms with Crippen LogP contribution in [-0.4, -0.2) is 17.6 Å². The van der Waals surface area contributed by atoms with Crippen molar-refractivity contribution >= 4 is 23.1 Å². The van der Waals surface area contributed by atoms with Crippen LogP contribution in [0, 0.1) is 0 Å². The van der Waals surface area contributed by atoms with Crippen molar-refractivity contribution in [3.05, 3.63) is 89.0 Å². The molecule has 4 nitrogen and oxygen atoms in total. The van der Waals surface area contributed by atoms with E-state index in [0.29, 0.717) is 5.75 Å². The Balaban J connectivity index is 1.53. The van der Waals surface area contributed by atoms with Gasteiger partial charge in [-0.15, -0.1) is 11.3 Å². The minimum absolute atomic E-state index is 0.0258. The van der Waals surface area contributed by atoms with Crippen LogP contribution in [0.25, 0.3) is 17.1 Å². The summed E-state index contributed by atoms with van der Waals surface area (Å²) in [7, 11) is 0. The van der Waals surface area contributed by atoms with Crippen LogP contribution in [-0.2, 0) is 9.53 Å². The van der Waals surface area contributed by atoms with Crippen LogP contribution in [0.2, 0.25) is 0 Å².